The van der Waals surface area contributed by atoms with Gasteiger partial charge in [-0.25, -0.2) is 4.79 Å². The number of hydrogen-bond donors (Lipinski definition) is 3. The molecule has 1 aromatic heterocycles. The molecule has 6 nitrogen and oxygen atoms in total. The van der Waals surface area contributed by atoms with Gasteiger partial charge < -0.3 is 10.4 Å². The second-order valence-electron chi connectivity index (χ2n) is 5.95. The zero-order valence-electron chi connectivity index (χ0n) is 13.2. The second-order valence-corrected chi connectivity index (χ2v) is 5.95. The van der Waals surface area contributed by atoms with Gasteiger partial charge in [-0.3, -0.25) is 10.00 Å². The van der Waals surface area contributed by atoms with Crippen LogP contribution in [0.1, 0.15) is 42.5 Å². The second kappa shape index (κ2) is 6.83. The Balaban J connectivity index is 1.63. The molecule has 122 valence electrons. The highest BCUT2D eigenvalue weighted by Crippen LogP contribution is 2.36. The zero-order valence-corrected chi connectivity index (χ0v) is 13.2. The van der Waals surface area contributed by atoms with Gasteiger partial charge in [0.2, 0.25) is 0 Å². The summed E-state index contributed by atoms with van der Waals surface area (Å²) in [7, 11) is 1.82. The first-order valence-electron chi connectivity index (χ1n) is 7.94. The van der Waals surface area contributed by atoms with E-state index in [9.17, 15) is 9.90 Å². The molecule has 0 radical (unpaired) electrons. The third-order valence-electron chi connectivity index (χ3n) is 4.35. The van der Waals surface area contributed by atoms with Crippen molar-refractivity contribution in [1.29, 1.82) is 0 Å². The summed E-state index contributed by atoms with van der Waals surface area (Å²) in [6.45, 7) is -0.157. The molecular weight excluding hydrogens is 292 g/mol. The van der Waals surface area contributed by atoms with E-state index in [2.05, 4.69) is 15.7 Å². The van der Waals surface area contributed by atoms with Crippen LogP contribution in [0.2, 0.25) is 0 Å². The summed E-state index contributed by atoms with van der Waals surface area (Å²) in [6.07, 6.45) is 3.59. The maximum atomic E-state index is 12.2. The van der Waals surface area contributed by atoms with Gasteiger partial charge in [0, 0.05) is 19.0 Å². The van der Waals surface area contributed by atoms with Gasteiger partial charge in [0.25, 0.3) is 0 Å². The van der Waals surface area contributed by atoms with Crippen LogP contribution >= 0.6 is 0 Å². The number of rotatable bonds is 5. The van der Waals surface area contributed by atoms with Crippen molar-refractivity contribution in [1.82, 2.24) is 15.1 Å². The molecule has 1 aliphatic rings. The van der Waals surface area contributed by atoms with Gasteiger partial charge in [0.15, 0.2) is 0 Å². The molecule has 1 unspecified atom stereocenters. The van der Waals surface area contributed by atoms with Gasteiger partial charge >= 0.3 is 6.03 Å². The third-order valence-corrected chi connectivity index (χ3v) is 4.35. The Kier molecular flexibility index (Phi) is 4.62. The number of carbonyl (C=O) groups excluding carboxylic acids is 1. The number of nitrogens with one attached hydrogen (secondary N) is 2. The van der Waals surface area contributed by atoms with Crippen LogP contribution in [0.15, 0.2) is 36.4 Å². The third kappa shape index (κ3) is 3.53. The standard InChI is InChI=1S/C17H22N4O2/c1-21-16(10-14(20-21)12-8-5-9-12)19-17(23)18-15(11-22)13-6-3-2-4-7-13/h2-4,6-7,10,12,15,22H,5,8-9,11H2,1H3,(H2,18,19,23). The smallest absolute Gasteiger partial charge is 0.320 e. The van der Waals surface area contributed by atoms with Crippen molar-refractivity contribution in [3.63, 3.8) is 0 Å². The summed E-state index contributed by atoms with van der Waals surface area (Å²) in [4.78, 5) is 12.2. The van der Waals surface area contributed by atoms with E-state index in [-0.39, 0.29) is 12.6 Å². The molecule has 0 spiro atoms. The predicted octanol–water partition coefficient (Wildman–Crippen LogP) is 2.54. The van der Waals surface area contributed by atoms with E-state index in [0.717, 1.165) is 11.3 Å². The summed E-state index contributed by atoms with van der Waals surface area (Å²) in [6, 6.07) is 10.6. The van der Waals surface area contributed by atoms with Crippen molar-refractivity contribution in [2.24, 2.45) is 7.05 Å². The molecule has 1 saturated carbocycles. The lowest BCUT2D eigenvalue weighted by atomic mass is 9.83. The first-order valence-corrected chi connectivity index (χ1v) is 7.94. The van der Waals surface area contributed by atoms with Crippen molar-refractivity contribution in [3.8, 4) is 0 Å². The highest BCUT2D eigenvalue weighted by molar-refractivity contribution is 5.88. The fraction of sp³-hybridized carbons (Fsp3) is 0.412. The first kappa shape index (κ1) is 15.6. The predicted molar refractivity (Wildman–Crippen MR) is 88.2 cm³/mol. The van der Waals surface area contributed by atoms with E-state index in [4.69, 9.17) is 0 Å². The molecule has 0 bridgehead atoms. The summed E-state index contributed by atoms with van der Waals surface area (Å²) >= 11 is 0. The summed E-state index contributed by atoms with van der Waals surface area (Å²) < 4.78 is 1.68. The molecule has 1 heterocycles. The van der Waals surface area contributed by atoms with Crippen LogP contribution < -0.4 is 10.6 Å². The Labute approximate surface area is 135 Å². The minimum atomic E-state index is -0.435. The molecule has 0 saturated heterocycles. The number of nitrogens with zero attached hydrogens (tertiary/aromatic N) is 2. The number of anilines is 1. The molecule has 6 heteroatoms. The minimum absolute atomic E-state index is 0.157. The molecule has 1 aromatic carbocycles. The van der Waals surface area contributed by atoms with Crippen LogP contribution in [0.5, 0.6) is 0 Å². The van der Waals surface area contributed by atoms with Gasteiger partial charge in [-0.2, -0.15) is 5.10 Å². The summed E-state index contributed by atoms with van der Waals surface area (Å²) in [5.74, 6) is 1.18. The Morgan fingerprint density at radius 3 is 2.74 bits per heavy atom. The number of urea groups is 1. The van der Waals surface area contributed by atoms with Crippen molar-refractivity contribution < 1.29 is 9.90 Å². The number of amides is 2. The van der Waals surface area contributed by atoms with E-state index in [0.29, 0.717) is 11.7 Å². The van der Waals surface area contributed by atoms with Crippen molar-refractivity contribution in [3.05, 3.63) is 47.7 Å². The largest absolute Gasteiger partial charge is 0.394 e. The number of aromatic nitrogens is 2. The zero-order chi connectivity index (χ0) is 16.2. The van der Waals surface area contributed by atoms with Gasteiger partial charge in [-0.05, 0) is 18.4 Å². The number of benzene rings is 1. The Bertz CT molecular complexity index is 664. The van der Waals surface area contributed by atoms with Crippen LogP contribution in [0.25, 0.3) is 0 Å². The lowest BCUT2D eigenvalue weighted by Crippen LogP contribution is -2.34. The van der Waals surface area contributed by atoms with Gasteiger partial charge in [0.1, 0.15) is 5.82 Å². The minimum Gasteiger partial charge on any atom is -0.394 e. The molecule has 3 N–H and O–H groups in total. The Morgan fingerprint density at radius 1 is 1.39 bits per heavy atom. The Morgan fingerprint density at radius 2 is 2.13 bits per heavy atom. The topological polar surface area (TPSA) is 79.2 Å². The normalized spacial score (nSPS) is 15.7. The van der Waals surface area contributed by atoms with Gasteiger partial charge in [-0.15, -0.1) is 0 Å². The highest BCUT2D eigenvalue weighted by Gasteiger charge is 2.23. The maximum Gasteiger partial charge on any atom is 0.320 e. The van der Waals surface area contributed by atoms with Gasteiger partial charge in [-0.1, -0.05) is 36.8 Å². The number of aliphatic hydroxyl groups excluding tert-OH is 1. The van der Waals surface area contributed by atoms with E-state index >= 15 is 0 Å². The summed E-state index contributed by atoms with van der Waals surface area (Å²) in [5.41, 5.74) is 1.90. The van der Waals surface area contributed by atoms with Crippen LogP contribution in [-0.4, -0.2) is 27.5 Å². The van der Waals surface area contributed by atoms with E-state index in [1.165, 1.54) is 19.3 Å². The van der Waals surface area contributed by atoms with E-state index in [1.54, 1.807) is 4.68 Å². The van der Waals surface area contributed by atoms with E-state index < -0.39 is 6.04 Å². The molecule has 23 heavy (non-hydrogen) atoms. The Hall–Kier alpha value is -2.34. The van der Waals surface area contributed by atoms with Gasteiger partial charge in [0.05, 0.1) is 18.3 Å². The van der Waals surface area contributed by atoms with Crippen molar-refractivity contribution >= 4 is 11.8 Å². The average molecular weight is 314 g/mol. The number of carbonyl (C=O) groups is 1. The first-order chi connectivity index (χ1) is 11.2. The quantitative estimate of drug-likeness (QED) is 0.793. The number of aryl methyl sites for hydroxylation is 1. The molecule has 1 aliphatic carbocycles. The monoisotopic (exact) mass is 314 g/mol. The molecule has 0 aliphatic heterocycles. The van der Waals surface area contributed by atoms with Crippen LogP contribution in [0.3, 0.4) is 0 Å². The van der Waals surface area contributed by atoms with Crippen molar-refractivity contribution in [2.45, 2.75) is 31.2 Å². The molecule has 1 fully saturated rings. The fourth-order valence-electron chi connectivity index (χ4n) is 2.74. The molecular formula is C17H22N4O2. The van der Waals surface area contributed by atoms with Crippen molar-refractivity contribution in [2.75, 3.05) is 11.9 Å². The van der Waals surface area contributed by atoms with Crippen LogP contribution in [0.4, 0.5) is 10.6 Å². The average Bonchev–Trinajstić information content (AvgIpc) is 2.84. The molecule has 2 aromatic rings. The van der Waals surface area contributed by atoms with Crippen LogP contribution in [-0.2, 0) is 7.05 Å². The number of hydrogen-bond acceptors (Lipinski definition) is 3. The maximum absolute atomic E-state index is 12.2. The summed E-state index contributed by atoms with van der Waals surface area (Å²) in [5, 5.41) is 19.6. The lowest BCUT2D eigenvalue weighted by molar-refractivity contribution is 0.225. The molecule has 3 rings (SSSR count). The SMILES string of the molecule is Cn1nc(C2CCC2)cc1NC(=O)NC(CO)c1ccccc1. The number of aliphatic hydroxyl groups is 1. The molecule has 2 amide bonds. The lowest BCUT2D eigenvalue weighted by Gasteiger charge is -2.22. The molecule has 1 atom stereocenters. The highest BCUT2D eigenvalue weighted by atomic mass is 16.3. The fourth-order valence-corrected chi connectivity index (χ4v) is 2.74. The van der Waals surface area contributed by atoms with Crippen LogP contribution in [0, 0.1) is 0 Å². The van der Waals surface area contributed by atoms with E-state index in [1.807, 2.05) is 43.4 Å².